The number of fused-ring (bicyclic) bond motifs is 1. The first-order valence-corrected chi connectivity index (χ1v) is 18.3. The van der Waals surface area contributed by atoms with Crippen LogP contribution in [0.1, 0.15) is 104 Å². The van der Waals surface area contributed by atoms with E-state index in [0.717, 1.165) is 45.2 Å². The molecule has 11 heteroatoms. The van der Waals surface area contributed by atoms with Crippen molar-refractivity contribution in [3.63, 3.8) is 0 Å². The quantitative estimate of drug-likeness (QED) is 0.190. The maximum atomic E-state index is 13.1. The summed E-state index contributed by atoms with van der Waals surface area (Å²) in [5.41, 5.74) is 0. The maximum Gasteiger partial charge on any atom is 0.421 e. The second-order valence-electron chi connectivity index (χ2n) is 12.8. The summed E-state index contributed by atoms with van der Waals surface area (Å²) in [5.74, 6) is -0.830. The average Bonchev–Trinajstić information content (AvgIpc) is 3.47. The summed E-state index contributed by atoms with van der Waals surface area (Å²) in [7, 11) is -4.10. The number of carbonyl (C=O) groups is 1. The van der Waals surface area contributed by atoms with Gasteiger partial charge in [0.15, 0.2) is 12.1 Å². The number of unbranched alkanes of at least 4 members (excludes halogenated alkanes) is 9. The molecule has 3 saturated heterocycles. The highest BCUT2D eigenvalue weighted by atomic mass is 32.2. The van der Waals surface area contributed by atoms with Crippen molar-refractivity contribution in [2.75, 3.05) is 26.2 Å². The summed E-state index contributed by atoms with van der Waals surface area (Å²) in [6, 6.07) is 7.76. The molecular weight excluding hydrogens is 584 g/mol. The molecule has 0 aliphatic carbocycles. The largest absolute Gasteiger partial charge is 0.441 e. The number of carbonyl (C=O) groups excluding carboxylic acids is 1. The van der Waals surface area contributed by atoms with Crippen molar-refractivity contribution in [2.24, 2.45) is 0 Å². The van der Waals surface area contributed by atoms with Gasteiger partial charge in [0.1, 0.15) is 24.4 Å². The molecule has 250 valence electrons. The van der Waals surface area contributed by atoms with Crippen molar-refractivity contribution >= 4 is 16.1 Å². The number of hydrogen-bond donors (Lipinski definition) is 1. The van der Waals surface area contributed by atoms with Gasteiger partial charge >= 0.3 is 6.09 Å². The van der Waals surface area contributed by atoms with Crippen molar-refractivity contribution in [3.8, 4) is 0 Å². The molecule has 1 aromatic carbocycles. The minimum atomic E-state index is -4.10. The number of amides is 1. The molecule has 3 aliphatic heterocycles. The molecular formula is C33H54N2O8S. The van der Waals surface area contributed by atoms with Gasteiger partial charge in [-0.25, -0.2) is 17.9 Å². The molecule has 3 aliphatic rings. The van der Waals surface area contributed by atoms with Crippen LogP contribution in [0.2, 0.25) is 0 Å². The summed E-state index contributed by atoms with van der Waals surface area (Å²) in [4.78, 5) is 15.3. The lowest BCUT2D eigenvalue weighted by molar-refractivity contribution is -0.230. The van der Waals surface area contributed by atoms with Crippen molar-refractivity contribution < 1.29 is 36.9 Å². The highest BCUT2D eigenvalue weighted by Crippen LogP contribution is 2.40. The van der Waals surface area contributed by atoms with E-state index in [0.29, 0.717) is 13.2 Å². The van der Waals surface area contributed by atoms with Crippen molar-refractivity contribution in [3.05, 3.63) is 30.3 Å². The Morgan fingerprint density at radius 1 is 0.955 bits per heavy atom. The zero-order valence-corrected chi connectivity index (χ0v) is 27.7. The molecule has 0 radical (unpaired) electrons. The summed E-state index contributed by atoms with van der Waals surface area (Å²) in [6.45, 7) is 8.58. The predicted octanol–water partition coefficient (Wildman–Crippen LogP) is 6.14. The van der Waals surface area contributed by atoms with Gasteiger partial charge in [0.2, 0.25) is 0 Å². The summed E-state index contributed by atoms with van der Waals surface area (Å²) < 4.78 is 58.6. The summed E-state index contributed by atoms with van der Waals surface area (Å²) in [6.07, 6.45) is 11.3. The van der Waals surface area contributed by atoms with Crippen molar-refractivity contribution in [2.45, 2.75) is 146 Å². The molecule has 0 aromatic heterocycles. The van der Waals surface area contributed by atoms with Crippen LogP contribution in [0.15, 0.2) is 35.2 Å². The van der Waals surface area contributed by atoms with E-state index in [-0.39, 0.29) is 4.90 Å². The van der Waals surface area contributed by atoms with Crippen LogP contribution in [0, 0.1) is 0 Å². The van der Waals surface area contributed by atoms with Gasteiger partial charge in [-0.3, -0.25) is 4.90 Å². The van der Waals surface area contributed by atoms with E-state index in [1.54, 1.807) is 18.2 Å². The molecule has 4 rings (SSSR count). The van der Waals surface area contributed by atoms with E-state index in [2.05, 4.69) is 16.5 Å². The Morgan fingerprint density at radius 3 is 2.25 bits per heavy atom. The zero-order chi connectivity index (χ0) is 31.4. The predicted molar refractivity (Wildman–Crippen MR) is 168 cm³/mol. The summed E-state index contributed by atoms with van der Waals surface area (Å²) >= 11 is 0. The third-order valence-electron chi connectivity index (χ3n) is 8.62. The Labute approximate surface area is 264 Å². The minimum absolute atomic E-state index is 0.0158. The van der Waals surface area contributed by atoms with Gasteiger partial charge in [0.25, 0.3) is 10.0 Å². The first-order chi connectivity index (χ1) is 21.2. The lowest BCUT2D eigenvalue weighted by Crippen LogP contribution is -2.51. The minimum Gasteiger partial charge on any atom is -0.441 e. The molecule has 0 saturated carbocycles. The molecule has 1 amide bonds. The molecule has 1 N–H and O–H groups in total. The van der Waals surface area contributed by atoms with E-state index < -0.39 is 52.6 Å². The third kappa shape index (κ3) is 10.7. The monoisotopic (exact) mass is 638 g/mol. The van der Waals surface area contributed by atoms with Gasteiger partial charge in [0.05, 0.1) is 4.90 Å². The van der Waals surface area contributed by atoms with Crippen LogP contribution in [0.5, 0.6) is 0 Å². The number of ether oxygens (including phenoxy) is 5. The number of nitrogens with zero attached hydrogens (tertiary/aromatic N) is 1. The molecule has 5 atom stereocenters. The first-order valence-electron chi connectivity index (χ1n) is 16.8. The van der Waals surface area contributed by atoms with Crippen LogP contribution >= 0.6 is 0 Å². The molecule has 44 heavy (non-hydrogen) atoms. The summed E-state index contributed by atoms with van der Waals surface area (Å²) in [5, 5.41) is 0. The van der Waals surface area contributed by atoms with Crippen LogP contribution in [0.4, 0.5) is 4.79 Å². The van der Waals surface area contributed by atoms with Gasteiger partial charge in [-0.1, -0.05) is 89.3 Å². The number of sulfonamides is 1. The normalized spacial score (nSPS) is 25.9. The topological polar surface area (TPSA) is 113 Å². The van der Waals surface area contributed by atoms with Crippen LogP contribution in [-0.4, -0.2) is 82.1 Å². The highest BCUT2D eigenvalue weighted by molar-refractivity contribution is 7.90. The van der Waals surface area contributed by atoms with E-state index >= 15 is 0 Å². The Morgan fingerprint density at radius 2 is 1.59 bits per heavy atom. The number of rotatable bonds is 18. The zero-order valence-electron chi connectivity index (χ0n) is 26.9. The van der Waals surface area contributed by atoms with Gasteiger partial charge in [-0.05, 0) is 58.3 Å². The number of benzene rings is 1. The Kier molecular flexibility index (Phi) is 13.8. The number of likely N-dealkylation sites (tertiary alicyclic amines) is 1. The number of hydrogen-bond acceptors (Lipinski definition) is 9. The molecule has 0 spiro atoms. The first kappa shape index (κ1) is 35.1. The lowest BCUT2D eigenvalue weighted by atomic mass is 10.0. The lowest BCUT2D eigenvalue weighted by Gasteiger charge is -2.35. The average molecular weight is 639 g/mol. The molecule has 10 nitrogen and oxygen atoms in total. The van der Waals surface area contributed by atoms with Gasteiger partial charge in [0, 0.05) is 13.2 Å². The molecule has 1 unspecified atom stereocenters. The van der Waals surface area contributed by atoms with E-state index in [1.807, 2.05) is 13.8 Å². The fourth-order valence-corrected chi connectivity index (χ4v) is 7.24. The fraction of sp³-hybridized carbons (Fsp3) is 0.788. The second kappa shape index (κ2) is 17.2. The Hall–Kier alpha value is -1.76. The van der Waals surface area contributed by atoms with Crippen LogP contribution in [0.25, 0.3) is 0 Å². The van der Waals surface area contributed by atoms with E-state index in [1.165, 1.54) is 63.5 Å². The van der Waals surface area contributed by atoms with Crippen LogP contribution in [0.3, 0.4) is 0 Å². The van der Waals surface area contributed by atoms with Crippen molar-refractivity contribution in [1.29, 1.82) is 0 Å². The fourth-order valence-electron chi connectivity index (χ4n) is 6.34. The smallest absolute Gasteiger partial charge is 0.421 e. The SMILES string of the molecule is CCCCCCCCCCCCO[C@@H]1[C@H]2OC(C)(C)O[C@H]2O[C@@H]1C(CN1CCCCC1)OC(=O)NS(=O)(=O)c1ccccc1. The van der Waals surface area contributed by atoms with Crippen LogP contribution in [-0.2, 0) is 33.7 Å². The van der Waals surface area contributed by atoms with E-state index in [4.69, 9.17) is 23.7 Å². The Bertz CT molecular complexity index is 1100. The molecule has 3 fully saturated rings. The van der Waals surface area contributed by atoms with Gasteiger partial charge < -0.3 is 23.7 Å². The third-order valence-corrected chi connectivity index (χ3v) is 9.95. The Balaban J connectivity index is 1.37. The van der Waals surface area contributed by atoms with Gasteiger partial charge in [-0.15, -0.1) is 0 Å². The molecule has 3 heterocycles. The van der Waals surface area contributed by atoms with Gasteiger partial charge in [-0.2, -0.15) is 0 Å². The van der Waals surface area contributed by atoms with Crippen LogP contribution < -0.4 is 4.72 Å². The number of nitrogens with one attached hydrogen (secondary N) is 1. The number of piperidine rings is 1. The maximum absolute atomic E-state index is 13.1. The highest BCUT2D eigenvalue weighted by Gasteiger charge is 2.58. The standard InChI is InChI=1S/C33H54N2O8S/c1-4-5-6-7-8-9-10-11-12-19-24-39-29-28(41-31-30(29)42-33(2,3)43-31)27(25-35-22-17-14-18-23-35)40-32(36)34-44(37,38)26-20-15-13-16-21-26/h13,15-16,20-21,27-31H,4-12,14,17-19,22-25H2,1-3H3,(H,34,36)/t27?,28-,29+,30-,31-/m1/s1. The van der Waals surface area contributed by atoms with E-state index in [9.17, 15) is 13.2 Å². The second-order valence-corrected chi connectivity index (χ2v) is 14.5. The van der Waals surface area contributed by atoms with Crippen molar-refractivity contribution in [1.82, 2.24) is 9.62 Å². The molecule has 0 bridgehead atoms. The molecule has 1 aromatic rings.